The molecular formula is C46H58Cl2Zr-2. The molecule has 3 aromatic rings. The quantitative estimate of drug-likeness (QED) is 0.282. The van der Waals surface area contributed by atoms with Gasteiger partial charge in [-0.1, -0.05) is 140 Å². The molecule has 0 aliphatic heterocycles. The molecule has 7 unspecified atom stereocenters. The zero-order valence-electron chi connectivity index (χ0n) is 31.8. The van der Waals surface area contributed by atoms with Gasteiger partial charge < -0.3 is 24.8 Å². The molecule has 7 rings (SSSR count). The SMILES string of the molecule is CC(C)(C)c1cc[cH-]c1.C[C-]1C2=C3Cc4ccccc4C3=C3C=CC(C)C(C)C3(C)C2(C)C(C)C(C)C1C.[Cl-].[Cl-].[Zr+2]=[CH]Cc1ccccc1. The Hall–Kier alpha value is -1.79. The van der Waals surface area contributed by atoms with E-state index in [2.05, 4.69) is 165 Å². The average molecular weight is 773 g/mol. The van der Waals surface area contributed by atoms with E-state index in [1.807, 2.05) is 6.07 Å². The van der Waals surface area contributed by atoms with E-state index < -0.39 is 0 Å². The number of benzene rings is 2. The molecule has 0 amide bonds. The molecule has 49 heavy (non-hydrogen) atoms. The van der Waals surface area contributed by atoms with Crippen LogP contribution in [-0.2, 0) is 42.5 Å². The molecule has 3 aromatic carbocycles. The first-order valence-electron chi connectivity index (χ1n) is 18.0. The molecule has 0 spiro atoms. The molecule has 0 saturated heterocycles. The van der Waals surface area contributed by atoms with Gasteiger partial charge in [0.2, 0.25) is 0 Å². The van der Waals surface area contributed by atoms with E-state index in [4.69, 9.17) is 0 Å². The van der Waals surface area contributed by atoms with Crippen LogP contribution in [0.1, 0.15) is 98.4 Å². The van der Waals surface area contributed by atoms with E-state index in [1.165, 1.54) is 46.5 Å². The van der Waals surface area contributed by atoms with Crippen molar-refractivity contribution in [1.82, 2.24) is 0 Å². The molecule has 1 fully saturated rings. The minimum absolute atomic E-state index is 0. The van der Waals surface area contributed by atoms with Crippen molar-refractivity contribution in [2.45, 2.75) is 94.4 Å². The Morgan fingerprint density at radius 3 is 2.08 bits per heavy atom. The molecule has 7 atom stereocenters. The van der Waals surface area contributed by atoms with Crippen molar-refractivity contribution in [3.63, 3.8) is 0 Å². The second kappa shape index (κ2) is 16.3. The Labute approximate surface area is 326 Å². The van der Waals surface area contributed by atoms with Crippen molar-refractivity contribution in [2.75, 3.05) is 0 Å². The van der Waals surface area contributed by atoms with E-state index >= 15 is 0 Å². The molecule has 4 aliphatic carbocycles. The van der Waals surface area contributed by atoms with Gasteiger partial charge in [0.15, 0.2) is 0 Å². The van der Waals surface area contributed by atoms with Gasteiger partial charge in [0, 0.05) is 5.41 Å². The van der Waals surface area contributed by atoms with Gasteiger partial charge in [-0.2, -0.15) is 34.9 Å². The second-order valence-corrected chi connectivity index (χ2v) is 17.3. The molecule has 0 radical (unpaired) electrons. The van der Waals surface area contributed by atoms with Crippen molar-refractivity contribution < 1.29 is 49.0 Å². The zero-order valence-corrected chi connectivity index (χ0v) is 35.8. The molecule has 0 heterocycles. The van der Waals surface area contributed by atoms with Crippen molar-refractivity contribution in [3.05, 3.63) is 136 Å². The normalized spacial score (nSPS) is 29.4. The maximum atomic E-state index is 2.63. The van der Waals surface area contributed by atoms with Crippen LogP contribution in [0.4, 0.5) is 0 Å². The third kappa shape index (κ3) is 7.30. The van der Waals surface area contributed by atoms with Gasteiger partial charge in [0.1, 0.15) is 0 Å². The van der Waals surface area contributed by atoms with E-state index in [0.717, 1.165) is 12.8 Å². The molecule has 0 aromatic heterocycles. The van der Waals surface area contributed by atoms with Crippen molar-refractivity contribution in [1.29, 1.82) is 0 Å². The molecule has 1 saturated carbocycles. The van der Waals surface area contributed by atoms with E-state index in [1.54, 1.807) is 28.2 Å². The summed E-state index contributed by atoms with van der Waals surface area (Å²) < 4.78 is 2.25. The van der Waals surface area contributed by atoms with Crippen LogP contribution in [0.15, 0.2) is 108 Å². The topological polar surface area (TPSA) is 0 Å². The molecule has 0 bridgehead atoms. The monoisotopic (exact) mass is 770 g/mol. The third-order valence-corrected chi connectivity index (χ3v) is 13.7. The van der Waals surface area contributed by atoms with Crippen LogP contribution in [0.25, 0.3) is 5.57 Å². The number of halogens is 2. The number of allylic oxidation sites excluding steroid dienone is 6. The second-order valence-electron chi connectivity index (χ2n) is 16.3. The summed E-state index contributed by atoms with van der Waals surface area (Å²) in [5, 5.41) is 0. The molecular weight excluding hydrogens is 715 g/mol. The fraction of sp³-hybridized carbons (Fsp3) is 0.457. The van der Waals surface area contributed by atoms with Crippen LogP contribution in [0.2, 0.25) is 0 Å². The summed E-state index contributed by atoms with van der Waals surface area (Å²) in [5.74, 6) is 4.93. The predicted octanol–water partition coefficient (Wildman–Crippen LogP) is 5.97. The summed E-state index contributed by atoms with van der Waals surface area (Å²) in [7, 11) is 0. The van der Waals surface area contributed by atoms with Gasteiger partial charge in [-0.15, -0.1) is 6.92 Å². The zero-order chi connectivity index (χ0) is 34.3. The van der Waals surface area contributed by atoms with Crippen molar-refractivity contribution >= 4 is 9.28 Å². The molecule has 262 valence electrons. The van der Waals surface area contributed by atoms with Crippen LogP contribution >= 0.6 is 0 Å². The third-order valence-electron chi connectivity index (χ3n) is 13.2. The molecule has 3 heteroatoms. The Kier molecular flexibility index (Phi) is 13.8. The summed E-state index contributed by atoms with van der Waals surface area (Å²) in [5.41, 5.74) is 13.1. The van der Waals surface area contributed by atoms with Gasteiger partial charge in [0.05, 0.1) is 0 Å². The van der Waals surface area contributed by atoms with Gasteiger partial charge in [0.25, 0.3) is 0 Å². The van der Waals surface area contributed by atoms with Crippen molar-refractivity contribution in [2.24, 2.45) is 40.4 Å². The van der Waals surface area contributed by atoms with Gasteiger partial charge >= 0.3 is 70.3 Å². The fourth-order valence-electron chi connectivity index (χ4n) is 9.44. The minimum atomic E-state index is 0. The standard InChI is InChI=1S/C29H37.C9H13.C8H8.2ClH.Zr/c1-16-13-14-25-26-23-12-10-9-11-22(23)15-24(26)27-19(4)17(2)18(3)21(6)29(27,8)28(25,7)20(16)5;1-9(2,3)8-6-4-5-7-8;1-2-8-6-4-3-5-7-8;;;/h9-14,16-18,20-21H,15H2,1-8H3;4-7H,1-3H3;1,3-7H,2H2;2*1H;/q2*-1;;;;+2/p-2. The van der Waals surface area contributed by atoms with E-state index in [-0.39, 0.29) is 35.6 Å². The van der Waals surface area contributed by atoms with Gasteiger partial charge in [-0.25, -0.2) is 12.0 Å². The molecule has 4 aliphatic rings. The number of fused-ring (bicyclic) bond motifs is 6. The number of hydrogen-bond acceptors (Lipinski definition) is 0. The van der Waals surface area contributed by atoms with Crippen molar-refractivity contribution in [3.8, 4) is 0 Å². The Morgan fingerprint density at radius 2 is 1.51 bits per heavy atom. The van der Waals surface area contributed by atoms with E-state index in [9.17, 15) is 0 Å². The number of rotatable bonds is 2. The predicted molar refractivity (Wildman–Crippen MR) is 201 cm³/mol. The Morgan fingerprint density at radius 1 is 0.878 bits per heavy atom. The first-order valence-corrected chi connectivity index (χ1v) is 19.5. The average Bonchev–Trinajstić information content (AvgIpc) is 3.73. The van der Waals surface area contributed by atoms with Gasteiger partial charge in [-0.3, -0.25) is 0 Å². The summed E-state index contributed by atoms with van der Waals surface area (Å²) in [6.07, 6.45) is 7.24. The number of hydrogen-bond donors (Lipinski definition) is 0. The van der Waals surface area contributed by atoms with Crippen LogP contribution < -0.4 is 24.8 Å². The molecule has 0 nitrogen and oxygen atoms in total. The summed E-state index contributed by atoms with van der Waals surface area (Å²) >= 11 is 1.51. The van der Waals surface area contributed by atoms with Crippen LogP contribution in [-0.4, -0.2) is 3.71 Å². The Balaban J connectivity index is 0.000000268. The fourth-order valence-corrected chi connectivity index (χ4v) is 10.0. The van der Waals surface area contributed by atoms with Crippen LogP contribution in [0.3, 0.4) is 0 Å². The summed E-state index contributed by atoms with van der Waals surface area (Å²) in [4.78, 5) is 0. The van der Waals surface area contributed by atoms with Crippen LogP contribution in [0.5, 0.6) is 0 Å². The maximum absolute atomic E-state index is 2.63. The van der Waals surface area contributed by atoms with Gasteiger partial charge in [-0.05, 0) is 34.7 Å². The summed E-state index contributed by atoms with van der Waals surface area (Å²) in [6, 6.07) is 28.2. The molecule has 0 N–H and O–H groups in total. The Bertz CT molecular complexity index is 1650. The summed E-state index contributed by atoms with van der Waals surface area (Å²) in [6.45, 7) is 26.9. The first-order chi connectivity index (χ1) is 22.2. The van der Waals surface area contributed by atoms with Crippen LogP contribution in [0, 0.1) is 46.3 Å². The first kappa shape index (κ1) is 41.6. The van der Waals surface area contributed by atoms with E-state index in [0.29, 0.717) is 35.0 Å².